The molecule has 126 valence electrons. The van der Waals surface area contributed by atoms with Gasteiger partial charge in [-0.25, -0.2) is 4.79 Å². The molecule has 25 heavy (non-hydrogen) atoms. The maximum absolute atomic E-state index is 11.9. The summed E-state index contributed by atoms with van der Waals surface area (Å²) in [6, 6.07) is 13.7. The number of hydrogen-bond donors (Lipinski definition) is 1. The molecular formula is C20H16O5. The smallest absolute Gasteiger partial charge is 0.336 e. The summed E-state index contributed by atoms with van der Waals surface area (Å²) in [7, 11) is 0. The molecule has 0 bridgehead atoms. The molecule has 0 atom stereocenters. The lowest BCUT2D eigenvalue weighted by Gasteiger charge is -2.11. The zero-order valence-electron chi connectivity index (χ0n) is 13.4. The summed E-state index contributed by atoms with van der Waals surface area (Å²) >= 11 is 0. The third-order valence-corrected chi connectivity index (χ3v) is 3.56. The van der Waals surface area contributed by atoms with Gasteiger partial charge in [-0.05, 0) is 5.56 Å². The number of phenols is 1. The molecule has 0 radical (unpaired) electrons. The van der Waals surface area contributed by atoms with Crippen molar-refractivity contribution in [3.05, 3.63) is 59.0 Å². The molecule has 3 aromatic rings. The van der Waals surface area contributed by atoms with E-state index in [1.165, 1.54) is 12.1 Å². The normalized spacial score (nSPS) is 10.5. The number of terminal acetylenes is 1. The van der Waals surface area contributed by atoms with Gasteiger partial charge in [0.15, 0.2) is 0 Å². The second kappa shape index (κ2) is 7.56. The molecule has 0 aliphatic heterocycles. The van der Waals surface area contributed by atoms with Crippen molar-refractivity contribution in [2.75, 3.05) is 19.8 Å². The summed E-state index contributed by atoms with van der Waals surface area (Å²) in [6.45, 7) is 0.786. The number of ether oxygens (including phenoxy) is 2. The SMILES string of the molecule is C#CCOCCOc1cc(O)c2c(-c3ccccc3)cc(=O)oc2c1. The fourth-order valence-corrected chi connectivity index (χ4v) is 2.53. The first kappa shape index (κ1) is 16.6. The van der Waals surface area contributed by atoms with Crippen molar-refractivity contribution in [2.24, 2.45) is 0 Å². The average molecular weight is 336 g/mol. The highest BCUT2D eigenvalue weighted by atomic mass is 16.5. The average Bonchev–Trinajstić information content (AvgIpc) is 2.61. The molecular weight excluding hydrogens is 320 g/mol. The Morgan fingerprint density at radius 1 is 1.12 bits per heavy atom. The highest BCUT2D eigenvalue weighted by Crippen LogP contribution is 2.36. The lowest BCUT2D eigenvalue weighted by atomic mass is 10.0. The maximum atomic E-state index is 11.9. The molecule has 0 fully saturated rings. The summed E-state index contributed by atoms with van der Waals surface area (Å²) in [5.41, 5.74) is 1.17. The molecule has 0 spiro atoms. The van der Waals surface area contributed by atoms with Crippen LogP contribution < -0.4 is 10.4 Å². The Kier molecular flexibility index (Phi) is 5.03. The lowest BCUT2D eigenvalue weighted by molar-refractivity contribution is 0.124. The molecule has 1 N–H and O–H groups in total. The molecule has 2 aromatic carbocycles. The Bertz CT molecular complexity index is 967. The van der Waals surface area contributed by atoms with E-state index < -0.39 is 5.63 Å². The van der Waals surface area contributed by atoms with Crippen molar-refractivity contribution in [3.8, 4) is 35.0 Å². The molecule has 0 aliphatic carbocycles. The fraction of sp³-hybridized carbons (Fsp3) is 0.150. The number of hydrogen-bond acceptors (Lipinski definition) is 5. The molecule has 0 unspecified atom stereocenters. The van der Waals surface area contributed by atoms with Gasteiger partial charge in [-0.15, -0.1) is 6.42 Å². The van der Waals surface area contributed by atoms with E-state index in [0.29, 0.717) is 23.3 Å². The highest BCUT2D eigenvalue weighted by Gasteiger charge is 2.14. The van der Waals surface area contributed by atoms with Gasteiger partial charge in [0.1, 0.15) is 30.3 Å². The van der Waals surface area contributed by atoms with Crippen LogP contribution in [0.5, 0.6) is 11.5 Å². The van der Waals surface area contributed by atoms with Gasteiger partial charge in [0.05, 0.1) is 12.0 Å². The number of fused-ring (bicyclic) bond motifs is 1. The minimum atomic E-state index is -0.500. The fourth-order valence-electron chi connectivity index (χ4n) is 2.53. The van der Waals surface area contributed by atoms with Gasteiger partial charge in [0.2, 0.25) is 0 Å². The van der Waals surface area contributed by atoms with Crippen molar-refractivity contribution < 1.29 is 19.0 Å². The molecule has 0 saturated heterocycles. The van der Waals surface area contributed by atoms with E-state index in [9.17, 15) is 9.90 Å². The van der Waals surface area contributed by atoms with Crippen LogP contribution in [0.25, 0.3) is 22.1 Å². The maximum Gasteiger partial charge on any atom is 0.336 e. The van der Waals surface area contributed by atoms with Crippen LogP contribution in [-0.4, -0.2) is 24.9 Å². The van der Waals surface area contributed by atoms with Crippen LogP contribution in [0.1, 0.15) is 0 Å². The van der Waals surface area contributed by atoms with Crippen molar-refractivity contribution >= 4 is 11.0 Å². The standard InChI is InChI=1S/C20H16O5/c1-2-8-23-9-10-24-15-11-17(21)20-16(14-6-4-3-5-7-14)13-19(22)25-18(20)12-15/h1,3-7,11-13,21H,8-10H2. The van der Waals surface area contributed by atoms with Gasteiger partial charge in [0, 0.05) is 23.8 Å². The quantitative estimate of drug-likeness (QED) is 0.425. The third-order valence-electron chi connectivity index (χ3n) is 3.56. The predicted octanol–water partition coefficient (Wildman–Crippen LogP) is 3.19. The van der Waals surface area contributed by atoms with Gasteiger partial charge in [-0.2, -0.15) is 0 Å². The first-order chi connectivity index (χ1) is 12.2. The monoisotopic (exact) mass is 336 g/mol. The summed E-state index contributed by atoms with van der Waals surface area (Å²) in [5.74, 6) is 2.71. The van der Waals surface area contributed by atoms with E-state index in [4.69, 9.17) is 20.3 Å². The summed E-state index contributed by atoms with van der Waals surface area (Å²) in [6.07, 6.45) is 5.09. The van der Waals surface area contributed by atoms with Gasteiger partial charge in [-0.1, -0.05) is 36.3 Å². The minimum absolute atomic E-state index is 0.0281. The van der Waals surface area contributed by atoms with Gasteiger partial charge in [0.25, 0.3) is 0 Å². The van der Waals surface area contributed by atoms with Crippen LogP contribution in [0, 0.1) is 12.3 Å². The molecule has 3 rings (SSSR count). The van der Waals surface area contributed by atoms with E-state index >= 15 is 0 Å². The van der Waals surface area contributed by atoms with Crippen LogP contribution in [0.3, 0.4) is 0 Å². The Labute approximate surface area is 144 Å². The summed E-state index contributed by atoms with van der Waals surface area (Å²) in [5, 5.41) is 10.9. The molecule has 1 aromatic heterocycles. The minimum Gasteiger partial charge on any atom is -0.507 e. The number of aromatic hydroxyl groups is 1. The first-order valence-electron chi connectivity index (χ1n) is 7.69. The number of benzene rings is 2. The summed E-state index contributed by atoms with van der Waals surface area (Å²) < 4.78 is 15.9. The van der Waals surface area contributed by atoms with E-state index in [-0.39, 0.29) is 24.5 Å². The molecule has 0 aliphatic rings. The van der Waals surface area contributed by atoms with E-state index in [1.807, 2.05) is 30.3 Å². The first-order valence-corrected chi connectivity index (χ1v) is 7.69. The zero-order chi connectivity index (χ0) is 17.6. The zero-order valence-corrected chi connectivity index (χ0v) is 13.4. The van der Waals surface area contributed by atoms with Crippen molar-refractivity contribution in [1.29, 1.82) is 0 Å². The number of rotatable bonds is 6. The van der Waals surface area contributed by atoms with Gasteiger partial charge in [-0.3, -0.25) is 0 Å². The Balaban J connectivity index is 1.96. The molecule has 5 nitrogen and oxygen atoms in total. The predicted molar refractivity (Wildman–Crippen MR) is 94.7 cm³/mol. The van der Waals surface area contributed by atoms with Crippen molar-refractivity contribution in [1.82, 2.24) is 0 Å². The van der Waals surface area contributed by atoms with Gasteiger partial charge < -0.3 is 19.0 Å². The van der Waals surface area contributed by atoms with E-state index in [2.05, 4.69) is 5.92 Å². The molecule has 0 saturated carbocycles. The van der Waals surface area contributed by atoms with Gasteiger partial charge >= 0.3 is 5.63 Å². The third kappa shape index (κ3) is 3.82. The second-order valence-corrected chi connectivity index (χ2v) is 5.27. The highest BCUT2D eigenvalue weighted by molar-refractivity contribution is 5.98. The van der Waals surface area contributed by atoms with Crippen molar-refractivity contribution in [2.45, 2.75) is 0 Å². The van der Waals surface area contributed by atoms with Crippen LogP contribution in [0.4, 0.5) is 0 Å². The number of phenolic OH excluding ortho intramolecular Hbond substituents is 1. The Morgan fingerprint density at radius 3 is 2.68 bits per heavy atom. The van der Waals surface area contributed by atoms with Crippen LogP contribution in [0.15, 0.2) is 57.7 Å². The molecule has 1 heterocycles. The molecule has 5 heteroatoms. The Hall–Kier alpha value is -3.23. The van der Waals surface area contributed by atoms with Crippen LogP contribution >= 0.6 is 0 Å². The van der Waals surface area contributed by atoms with Crippen LogP contribution in [-0.2, 0) is 4.74 Å². The topological polar surface area (TPSA) is 68.9 Å². The van der Waals surface area contributed by atoms with E-state index in [0.717, 1.165) is 5.56 Å². The van der Waals surface area contributed by atoms with Crippen LogP contribution in [0.2, 0.25) is 0 Å². The lowest BCUT2D eigenvalue weighted by Crippen LogP contribution is -2.07. The van der Waals surface area contributed by atoms with E-state index in [1.54, 1.807) is 6.07 Å². The molecule has 0 amide bonds. The Morgan fingerprint density at radius 2 is 1.92 bits per heavy atom. The largest absolute Gasteiger partial charge is 0.507 e. The summed E-state index contributed by atoms with van der Waals surface area (Å²) in [4.78, 5) is 11.9. The second-order valence-electron chi connectivity index (χ2n) is 5.27. The van der Waals surface area contributed by atoms with Crippen molar-refractivity contribution in [3.63, 3.8) is 0 Å².